The molecule has 10 nitrogen and oxygen atoms in total. The summed E-state index contributed by atoms with van der Waals surface area (Å²) in [6.45, 7) is 0. The normalized spacial score (nSPS) is 11.1. The quantitative estimate of drug-likeness (QED) is 0.175. The van der Waals surface area contributed by atoms with Gasteiger partial charge in [-0.1, -0.05) is 18.2 Å². The molecule has 0 spiro atoms. The fourth-order valence-electron chi connectivity index (χ4n) is 3.06. The molecule has 3 aromatic carbocycles. The van der Waals surface area contributed by atoms with Crippen LogP contribution >= 0.6 is 0 Å². The van der Waals surface area contributed by atoms with Gasteiger partial charge < -0.3 is 20.5 Å². The summed E-state index contributed by atoms with van der Waals surface area (Å²) in [7, 11) is -2.51. The van der Waals surface area contributed by atoms with Gasteiger partial charge >= 0.3 is 0 Å². The van der Waals surface area contributed by atoms with E-state index in [4.69, 9.17) is 20.6 Å². The third-order valence-electron chi connectivity index (χ3n) is 4.54. The molecule has 5 N–H and O–H groups in total. The molecule has 0 unspecified atom stereocenters. The maximum atomic E-state index is 13.0. The van der Waals surface area contributed by atoms with Crippen molar-refractivity contribution in [1.82, 2.24) is 9.97 Å². The number of para-hydroxylation sites is 2. The molecule has 0 aliphatic rings. The summed E-state index contributed by atoms with van der Waals surface area (Å²) in [5, 5.41) is 10.2. The van der Waals surface area contributed by atoms with Crippen LogP contribution in [-0.4, -0.2) is 31.9 Å². The second-order valence-electron chi connectivity index (χ2n) is 6.85. The minimum Gasteiger partial charge on any atom is -0.497 e. The molecule has 1 aromatic heterocycles. The number of benzene rings is 3. The molecular formula is C22H20N6O4S. The Morgan fingerprint density at radius 3 is 2.30 bits per heavy atom. The van der Waals surface area contributed by atoms with Crippen LogP contribution in [0.1, 0.15) is 0 Å². The molecule has 4 aromatic rings. The van der Waals surface area contributed by atoms with E-state index in [2.05, 4.69) is 20.0 Å². The van der Waals surface area contributed by atoms with E-state index in [-0.39, 0.29) is 16.5 Å². The van der Waals surface area contributed by atoms with Crippen LogP contribution in [-0.2, 0) is 10.0 Å². The summed E-state index contributed by atoms with van der Waals surface area (Å²) in [6, 6.07) is 17.9. The predicted octanol–water partition coefficient (Wildman–Crippen LogP) is 3.75. The van der Waals surface area contributed by atoms with Crippen molar-refractivity contribution in [3.63, 3.8) is 0 Å². The Balaban J connectivity index is 1.79. The number of ether oxygens (including phenoxy) is 2. The molecule has 0 fully saturated rings. The van der Waals surface area contributed by atoms with Gasteiger partial charge in [-0.3, -0.25) is 10.1 Å². The molecule has 168 valence electrons. The number of hydrogen-bond acceptors (Lipinski definition) is 9. The first-order valence-corrected chi connectivity index (χ1v) is 11.1. The van der Waals surface area contributed by atoms with Crippen molar-refractivity contribution in [3.8, 4) is 11.5 Å². The van der Waals surface area contributed by atoms with E-state index < -0.39 is 10.0 Å². The van der Waals surface area contributed by atoms with Crippen molar-refractivity contribution in [1.29, 1.82) is 5.41 Å². The zero-order valence-electron chi connectivity index (χ0n) is 17.4. The predicted molar refractivity (Wildman–Crippen MR) is 127 cm³/mol. The first-order valence-electron chi connectivity index (χ1n) is 9.65. The van der Waals surface area contributed by atoms with Crippen molar-refractivity contribution in [2.24, 2.45) is 0 Å². The lowest BCUT2D eigenvalue weighted by Gasteiger charge is -2.15. The summed E-state index contributed by atoms with van der Waals surface area (Å²) in [5.74, 6) is 0.971. The number of nitrogens with one attached hydrogen (secondary N) is 3. The molecule has 11 heteroatoms. The molecule has 1 heterocycles. The molecule has 0 amide bonds. The minimum atomic E-state index is -4.00. The third-order valence-corrected chi connectivity index (χ3v) is 5.88. The van der Waals surface area contributed by atoms with Gasteiger partial charge in [0.15, 0.2) is 18.0 Å². The molecule has 0 radical (unpaired) electrons. The lowest BCUT2D eigenvalue weighted by molar-refractivity contribution is 0.412. The van der Waals surface area contributed by atoms with E-state index in [1.165, 1.54) is 19.2 Å². The second-order valence-corrected chi connectivity index (χ2v) is 8.53. The number of fused-ring (bicyclic) bond motifs is 1. The van der Waals surface area contributed by atoms with Crippen molar-refractivity contribution in [2.45, 2.75) is 4.90 Å². The fraction of sp³-hybridized carbons (Fsp3) is 0.0455. The molecule has 4 rings (SSSR count). The zero-order chi connectivity index (χ0) is 23.4. The van der Waals surface area contributed by atoms with Gasteiger partial charge in [-0.2, -0.15) is 0 Å². The number of methoxy groups -OCH3 is 1. The lowest BCUT2D eigenvalue weighted by atomic mass is 10.2. The largest absolute Gasteiger partial charge is 0.497 e. The van der Waals surface area contributed by atoms with Crippen molar-refractivity contribution in [3.05, 3.63) is 66.7 Å². The fourth-order valence-corrected chi connectivity index (χ4v) is 4.12. The van der Waals surface area contributed by atoms with Crippen molar-refractivity contribution in [2.75, 3.05) is 22.9 Å². The molecule has 33 heavy (non-hydrogen) atoms. The minimum absolute atomic E-state index is 0.00605. The Kier molecular flexibility index (Phi) is 5.96. The van der Waals surface area contributed by atoms with Gasteiger partial charge in [0.1, 0.15) is 11.5 Å². The average molecular weight is 465 g/mol. The van der Waals surface area contributed by atoms with Gasteiger partial charge in [0.05, 0.1) is 23.0 Å². The molecule has 0 atom stereocenters. The molecular weight excluding hydrogens is 444 g/mol. The van der Waals surface area contributed by atoms with E-state index in [1.54, 1.807) is 54.6 Å². The van der Waals surface area contributed by atoms with Crippen LogP contribution in [0.3, 0.4) is 0 Å². The summed E-state index contributed by atoms with van der Waals surface area (Å²) >= 11 is 0. The highest BCUT2D eigenvalue weighted by Gasteiger charge is 2.19. The Hall–Kier alpha value is -4.38. The maximum absolute atomic E-state index is 13.0. The van der Waals surface area contributed by atoms with E-state index in [0.29, 0.717) is 33.9 Å². The van der Waals surface area contributed by atoms with E-state index in [1.807, 2.05) is 0 Å². The van der Waals surface area contributed by atoms with Gasteiger partial charge in [0.2, 0.25) is 0 Å². The van der Waals surface area contributed by atoms with Crippen LogP contribution in [0.4, 0.5) is 23.0 Å². The van der Waals surface area contributed by atoms with Crippen LogP contribution < -0.4 is 25.2 Å². The number of hydrogen-bond donors (Lipinski definition) is 4. The smallest absolute Gasteiger partial charge is 0.263 e. The Morgan fingerprint density at radius 1 is 0.939 bits per heavy atom. The van der Waals surface area contributed by atoms with Crippen LogP contribution in [0.5, 0.6) is 11.5 Å². The number of nitrogens with zero attached hydrogens (tertiary/aromatic N) is 2. The summed E-state index contributed by atoms with van der Waals surface area (Å²) in [4.78, 5) is 9.00. The highest BCUT2D eigenvalue weighted by Crippen LogP contribution is 2.31. The highest BCUT2D eigenvalue weighted by atomic mass is 32.2. The number of rotatable bonds is 8. The standard InChI is InChI=1S/C22H20N6O4S/c1-31-16-10-15(11-17(12-16)32-13-23)25-21-22(27-20-8-3-2-7-19(20)26-21)28-33(29,30)18-6-4-5-14(24)9-18/h2-13,23H,24H2,1H3,(H,25,26)(H,27,28). The van der Waals surface area contributed by atoms with Crippen LogP contribution in [0.15, 0.2) is 71.6 Å². The highest BCUT2D eigenvalue weighted by molar-refractivity contribution is 7.92. The Bertz CT molecular complexity index is 1440. The summed E-state index contributed by atoms with van der Waals surface area (Å²) < 4.78 is 38.9. The monoisotopic (exact) mass is 464 g/mol. The lowest BCUT2D eigenvalue weighted by Crippen LogP contribution is -2.16. The molecule has 0 saturated heterocycles. The number of anilines is 4. The van der Waals surface area contributed by atoms with Crippen LogP contribution in [0, 0.1) is 5.41 Å². The van der Waals surface area contributed by atoms with Crippen molar-refractivity contribution < 1.29 is 17.9 Å². The average Bonchev–Trinajstić information content (AvgIpc) is 2.79. The van der Waals surface area contributed by atoms with E-state index in [0.717, 1.165) is 6.40 Å². The van der Waals surface area contributed by atoms with E-state index in [9.17, 15) is 8.42 Å². The first-order chi connectivity index (χ1) is 15.9. The van der Waals surface area contributed by atoms with Gasteiger partial charge in [-0.15, -0.1) is 0 Å². The molecule has 0 saturated carbocycles. The third kappa shape index (κ3) is 4.93. The van der Waals surface area contributed by atoms with E-state index >= 15 is 0 Å². The number of nitrogens with two attached hydrogens (primary N) is 1. The SMILES string of the molecule is COc1cc(Nc2nc3ccccc3nc2NS(=O)(=O)c2cccc(N)c2)cc(OC=N)c1. The van der Waals surface area contributed by atoms with Crippen molar-refractivity contribution >= 4 is 50.5 Å². The van der Waals surface area contributed by atoms with Gasteiger partial charge in [-0.05, 0) is 30.3 Å². The van der Waals surface area contributed by atoms with Gasteiger partial charge in [0, 0.05) is 29.6 Å². The second kappa shape index (κ2) is 9.01. The van der Waals surface area contributed by atoms with Crippen LogP contribution in [0.25, 0.3) is 11.0 Å². The first kappa shape index (κ1) is 21.8. The maximum Gasteiger partial charge on any atom is 0.263 e. The summed E-state index contributed by atoms with van der Waals surface area (Å²) in [6.07, 6.45) is 0.791. The molecule has 0 aliphatic carbocycles. The number of sulfonamides is 1. The zero-order valence-corrected chi connectivity index (χ0v) is 18.3. The molecule has 0 aliphatic heterocycles. The Morgan fingerprint density at radius 2 is 1.64 bits per heavy atom. The Labute approximate surface area is 190 Å². The van der Waals surface area contributed by atoms with Gasteiger partial charge in [-0.25, -0.2) is 18.4 Å². The number of aromatic nitrogens is 2. The summed E-state index contributed by atoms with van der Waals surface area (Å²) in [5.41, 5.74) is 7.62. The topological polar surface area (TPSA) is 152 Å². The van der Waals surface area contributed by atoms with Gasteiger partial charge in [0.25, 0.3) is 10.0 Å². The number of nitrogen functional groups attached to an aromatic ring is 1. The van der Waals surface area contributed by atoms with Crippen LogP contribution in [0.2, 0.25) is 0 Å². The molecule has 0 bridgehead atoms.